The highest BCUT2D eigenvalue weighted by atomic mass is 79.9. The summed E-state index contributed by atoms with van der Waals surface area (Å²) >= 11 is 3.35. The second-order valence-electron chi connectivity index (χ2n) is 5.28. The fourth-order valence-corrected chi connectivity index (χ4v) is 3.03. The Morgan fingerprint density at radius 2 is 2.11 bits per heavy atom. The number of aromatic hydroxyl groups is 1. The Balaban J connectivity index is 1.75. The Bertz CT molecular complexity index is 403. The van der Waals surface area contributed by atoms with E-state index < -0.39 is 0 Å². The van der Waals surface area contributed by atoms with Gasteiger partial charge in [-0.25, -0.2) is 0 Å². The first kappa shape index (κ1) is 14.8. The molecule has 1 aliphatic heterocycles. The van der Waals surface area contributed by atoms with Gasteiger partial charge in [0, 0.05) is 12.6 Å². The summed E-state index contributed by atoms with van der Waals surface area (Å²) in [6, 6.07) is 6.32. The van der Waals surface area contributed by atoms with Gasteiger partial charge in [0.1, 0.15) is 5.75 Å². The first-order valence-corrected chi connectivity index (χ1v) is 7.91. The molecule has 0 aliphatic carbocycles. The molecule has 1 aromatic carbocycles. The average Bonchev–Trinajstić information content (AvgIpc) is 2.42. The molecule has 4 heteroatoms. The average molecular weight is 327 g/mol. The van der Waals surface area contributed by atoms with Crippen LogP contribution in [0.3, 0.4) is 0 Å². The van der Waals surface area contributed by atoms with Gasteiger partial charge in [-0.2, -0.15) is 0 Å². The molecule has 106 valence electrons. The number of hydrogen-bond acceptors (Lipinski definition) is 3. The summed E-state index contributed by atoms with van der Waals surface area (Å²) in [5, 5.41) is 13.1. The molecule has 1 aromatic rings. The molecule has 0 bridgehead atoms. The zero-order valence-corrected chi connectivity index (χ0v) is 13.1. The number of phenolic OH excluding ortho intramolecular Hbond substituents is 1. The van der Waals surface area contributed by atoms with Gasteiger partial charge in [-0.05, 0) is 72.5 Å². The maximum absolute atomic E-state index is 9.47. The number of halogens is 1. The van der Waals surface area contributed by atoms with Crippen molar-refractivity contribution in [3.05, 3.63) is 28.2 Å². The van der Waals surface area contributed by atoms with Crippen molar-refractivity contribution in [2.75, 3.05) is 19.6 Å². The smallest absolute Gasteiger partial charge is 0.129 e. The zero-order chi connectivity index (χ0) is 13.7. The van der Waals surface area contributed by atoms with Crippen molar-refractivity contribution >= 4 is 15.9 Å². The number of piperidine rings is 1. The minimum atomic E-state index is 0.302. The molecular weight excluding hydrogens is 304 g/mol. The van der Waals surface area contributed by atoms with E-state index in [2.05, 4.69) is 33.1 Å². The van der Waals surface area contributed by atoms with Crippen LogP contribution in [0.4, 0.5) is 0 Å². The summed E-state index contributed by atoms with van der Waals surface area (Å²) in [6.07, 6.45) is 3.72. The van der Waals surface area contributed by atoms with Crippen molar-refractivity contribution in [2.24, 2.45) is 0 Å². The zero-order valence-electron chi connectivity index (χ0n) is 11.5. The van der Waals surface area contributed by atoms with E-state index in [1.807, 2.05) is 12.1 Å². The quantitative estimate of drug-likeness (QED) is 0.872. The molecule has 1 fully saturated rings. The first-order valence-electron chi connectivity index (χ1n) is 7.12. The Morgan fingerprint density at radius 1 is 1.37 bits per heavy atom. The van der Waals surface area contributed by atoms with Crippen LogP contribution in [0.25, 0.3) is 0 Å². The third-order valence-electron chi connectivity index (χ3n) is 3.73. The highest BCUT2D eigenvalue weighted by Gasteiger charge is 2.17. The molecule has 0 unspecified atom stereocenters. The lowest BCUT2D eigenvalue weighted by molar-refractivity contribution is 0.197. The number of phenols is 1. The Hall–Kier alpha value is -0.580. The van der Waals surface area contributed by atoms with Gasteiger partial charge in [0.05, 0.1) is 4.47 Å². The highest BCUT2D eigenvalue weighted by Crippen LogP contribution is 2.24. The Morgan fingerprint density at radius 3 is 2.74 bits per heavy atom. The lowest BCUT2D eigenvalue weighted by Crippen LogP contribution is -2.42. The van der Waals surface area contributed by atoms with Crippen molar-refractivity contribution in [3.8, 4) is 5.75 Å². The van der Waals surface area contributed by atoms with Crippen LogP contribution < -0.4 is 5.32 Å². The lowest BCUT2D eigenvalue weighted by Gasteiger charge is -2.32. The van der Waals surface area contributed by atoms with E-state index in [1.54, 1.807) is 6.07 Å². The van der Waals surface area contributed by atoms with Gasteiger partial charge in [0.15, 0.2) is 0 Å². The van der Waals surface area contributed by atoms with E-state index in [1.165, 1.54) is 44.5 Å². The van der Waals surface area contributed by atoms with Gasteiger partial charge in [-0.15, -0.1) is 0 Å². The standard InChI is InChI=1S/C15H23BrN2O/c1-2-7-18-8-5-13(6-9-18)17-11-12-3-4-15(19)14(16)10-12/h3-4,10,13,17,19H,2,5-9,11H2,1H3. The minimum Gasteiger partial charge on any atom is -0.507 e. The van der Waals surface area contributed by atoms with Gasteiger partial charge in [0.25, 0.3) is 0 Å². The molecule has 2 N–H and O–H groups in total. The predicted octanol–water partition coefficient (Wildman–Crippen LogP) is 3.12. The molecule has 0 saturated carbocycles. The Labute approximate surface area is 124 Å². The van der Waals surface area contributed by atoms with Crippen LogP contribution in [0.15, 0.2) is 22.7 Å². The molecule has 1 heterocycles. The van der Waals surface area contributed by atoms with Crippen LogP contribution in [-0.2, 0) is 6.54 Å². The fourth-order valence-electron chi connectivity index (χ4n) is 2.60. The summed E-state index contributed by atoms with van der Waals surface area (Å²) in [5.41, 5.74) is 1.21. The van der Waals surface area contributed by atoms with Gasteiger partial charge >= 0.3 is 0 Å². The van der Waals surface area contributed by atoms with Crippen LogP contribution in [0.1, 0.15) is 31.7 Å². The fraction of sp³-hybridized carbons (Fsp3) is 0.600. The molecular formula is C15H23BrN2O. The second-order valence-corrected chi connectivity index (χ2v) is 6.14. The molecule has 1 saturated heterocycles. The van der Waals surface area contributed by atoms with E-state index in [0.717, 1.165) is 11.0 Å². The van der Waals surface area contributed by atoms with Gasteiger partial charge in [-0.1, -0.05) is 13.0 Å². The summed E-state index contributed by atoms with van der Waals surface area (Å²) in [7, 11) is 0. The van der Waals surface area contributed by atoms with Gasteiger partial charge < -0.3 is 15.3 Å². The summed E-state index contributed by atoms with van der Waals surface area (Å²) in [6.45, 7) is 6.78. The number of likely N-dealkylation sites (tertiary alicyclic amines) is 1. The van der Waals surface area contributed by atoms with Gasteiger partial charge in [-0.3, -0.25) is 0 Å². The van der Waals surface area contributed by atoms with Crippen molar-refractivity contribution < 1.29 is 5.11 Å². The molecule has 1 aliphatic rings. The molecule has 2 rings (SSSR count). The molecule has 0 amide bonds. The number of nitrogens with zero attached hydrogens (tertiary/aromatic N) is 1. The van der Waals surface area contributed by atoms with Crippen LogP contribution in [0.2, 0.25) is 0 Å². The first-order chi connectivity index (χ1) is 9.19. The summed E-state index contributed by atoms with van der Waals surface area (Å²) in [4.78, 5) is 2.55. The third kappa shape index (κ3) is 4.48. The van der Waals surface area contributed by atoms with E-state index in [-0.39, 0.29) is 0 Å². The molecule has 0 spiro atoms. The van der Waals surface area contributed by atoms with Gasteiger partial charge in [0.2, 0.25) is 0 Å². The molecule has 0 aromatic heterocycles. The summed E-state index contributed by atoms with van der Waals surface area (Å²) < 4.78 is 0.768. The van der Waals surface area contributed by atoms with Crippen LogP contribution in [-0.4, -0.2) is 35.7 Å². The molecule has 0 atom stereocenters. The van der Waals surface area contributed by atoms with Crippen LogP contribution >= 0.6 is 15.9 Å². The molecule has 3 nitrogen and oxygen atoms in total. The maximum Gasteiger partial charge on any atom is 0.129 e. The molecule has 19 heavy (non-hydrogen) atoms. The number of rotatable bonds is 5. The Kier molecular flexibility index (Phi) is 5.67. The number of nitrogens with one attached hydrogen (secondary N) is 1. The van der Waals surface area contributed by atoms with Crippen molar-refractivity contribution in [3.63, 3.8) is 0 Å². The largest absolute Gasteiger partial charge is 0.507 e. The highest BCUT2D eigenvalue weighted by molar-refractivity contribution is 9.10. The lowest BCUT2D eigenvalue weighted by atomic mass is 10.0. The van der Waals surface area contributed by atoms with E-state index >= 15 is 0 Å². The predicted molar refractivity (Wildman–Crippen MR) is 82.4 cm³/mol. The third-order valence-corrected chi connectivity index (χ3v) is 4.37. The van der Waals surface area contributed by atoms with E-state index in [9.17, 15) is 5.11 Å². The molecule has 0 radical (unpaired) electrons. The normalized spacial score (nSPS) is 17.8. The van der Waals surface area contributed by atoms with Crippen LogP contribution in [0.5, 0.6) is 5.75 Å². The maximum atomic E-state index is 9.47. The van der Waals surface area contributed by atoms with Crippen molar-refractivity contribution in [2.45, 2.75) is 38.8 Å². The summed E-state index contributed by atoms with van der Waals surface area (Å²) in [5.74, 6) is 0.302. The minimum absolute atomic E-state index is 0.302. The van der Waals surface area contributed by atoms with Crippen molar-refractivity contribution in [1.29, 1.82) is 0 Å². The van der Waals surface area contributed by atoms with Crippen LogP contribution in [0, 0.1) is 0 Å². The number of hydrogen-bond donors (Lipinski definition) is 2. The second kappa shape index (κ2) is 7.27. The number of benzene rings is 1. The van der Waals surface area contributed by atoms with Crippen molar-refractivity contribution in [1.82, 2.24) is 10.2 Å². The SMILES string of the molecule is CCCN1CCC(NCc2ccc(O)c(Br)c2)CC1. The monoisotopic (exact) mass is 326 g/mol. The topological polar surface area (TPSA) is 35.5 Å². The van der Waals surface area contributed by atoms with E-state index in [4.69, 9.17) is 0 Å². The van der Waals surface area contributed by atoms with E-state index in [0.29, 0.717) is 11.8 Å².